The van der Waals surface area contributed by atoms with Crippen molar-refractivity contribution >= 4 is 17.5 Å². The van der Waals surface area contributed by atoms with E-state index in [4.69, 9.17) is 0 Å². The third kappa shape index (κ3) is 6.65. The van der Waals surface area contributed by atoms with Crippen molar-refractivity contribution in [3.8, 4) is 0 Å². The Bertz CT molecular complexity index is 580. The Morgan fingerprint density at radius 3 is 1.88 bits per heavy atom. The molecule has 26 heavy (non-hydrogen) atoms. The number of piperazine rings is 1. The van der Waals surface area contributed by atoms with E-state index in [1.165, 1.54) is 0 Å². The van der Waals surface area contributed by atoms with E-state index in [-0.39, 0.29) is 11.8 Å². The van der Waals surface area contributed by atoms with Gasteiger partial charge in [-0.2, -0.15) is 0 Å². The standard InChI is InChI=1S/C19H31N5O2/c1-4-20-18(25)14-23-9-11-24(12-10-23)15-19(26)21-13-16-5-7-17(8-6-16)22(2)3/h5-8H,4,9-15H2,1-3H3,(H,20,25)(H,21,26). The second-order valence-corrected chi connectivity index (χ2v) is 6.84. The zero-order valence-electron chi connectivity index (χ0n) is 16.1. The molecule has 1 aromatic rings. The van der Waals surface area contributed by atoms with Gasteiger partial charge in [-0.3, -0.25) is 19.4 Å². The van der Waals surface area contributed by atoms with Crippen molar-refractivity contribution in [2.45, 2.75) is 13.5 Å². The average Bonchev–Trinajstić information content (AvgIpc) is 2.62. The van der Waals surface area contributed by atoms with Gasteiger partial charge in [0.05, 0.1) is 13.1 Å². The number of carbonyl (C=O) groups is 2. The molecule has 2 N–H and O–H groups in total. The highest BCUT2D eigenvalue weighted by Crippen LogP contribution is 2.12. The average molecular weight is 361 g/mol. The topological polar surface area (TPSA) is 67.9 Å². The first-order valence-electron chi connectivity index (χ1n) is 9.22. The molecular weight excluding hydrogens is 330 g/mol. The lowest BCUT2D eigenvalue weighted by molar-refractivity contribution is -0.125. The number of carbonyl (C=O) groups excluding carboxylic acids is 2. The first-order chi connectivity index (χ1) is 12.5. The van der Waals surface area contributed by atoms with Gasteiger partial charge in [0, 0.05) is 59.1 Å². The molecular formula is C19H31N5O2. The number of rotatable bonds is 8. The normalized spacial score (nSPS) is 15.5. The van der Waals surface area contributed by atoms with Gasteiger partial charge >= 0.3 is 0 Å². The summed E-state index contributed by atoms with van der Waals surface area (Å²) in [6.07, 6.45) is 0. The minimum absolute atomic E-state index is 0.0406. The predicted molar refractivity (Wildman–Crippen MR) is 104 cm³/mol. The zero-order valence-corrected chi connectivity index (χ0v) is 16.1. The van der Waals surface area contributed by atoms with E-state index in [0.717, 1.165) is 37.4 Å². The van der Waals surface area contributed by atoms with Gasteiger partial charge in [0.1, 0.15) is 0 Å². The second-order valence-electron chi connectivity index (χ2n) is 6.84. The fourth-order valence-corrected chi connectivity index (χ4v) is 2.93. The molecule has 1 fully saturated rings. The Labute approximate surface area is 156 Å². The number of nitrogens with one attached hydrogen (secondary N) is 2. The number of hydrogen-bond donors (Lipinski definition) is 2. The minimum atomic E-state index is 0.0406. The van der Waals surface area contributed by atoms with E-state index >= 15 is 0 Å². The monoisotopic (exact) mass is 361 g/mol. The molecule has 0 spiro atoms. The molecule has 1 aromatic carbocycles. The number of nitrogens with zero attached hydrogens (tertiary/aromatic N) is 3. The zero-order chi connectivity index (χ0) is 18.9. The summed E-state index contributed by atoms with van der Waals surface area (Å²) in [5.74, 6) is 0.109. The quantitative estimate of drug-likeness (QED) is 0.689. The highest BCUT2D eigenvalue weighted by molar-refractivity contribution is 5.78. The van der Waals surface area contributed by atoms with Crippen molar-refractivity contribution in [3.63, 3.8) is 0 Å². The summed E-state index contributed by atoms with van der Waals surface area (Å²) >= 11 is 0. The van der Waals surface area contributed by atoms with Gasteiger partial charge in [-0.15, -0.1) is 0 Å². The van der Waals surface area contributed by atoms with Crippen LogP contribution >= 0.6 is 0 Å². The molecule has 7 nitrogen and oxygen atoms in total. The molecule has 0 unspecified atom stereocenters. The predicted octanol–water partition coefficient (Wildman–Crippen LogP) is 0.123. The van der Waals surface area contributed by atoms with Gasteiger partial charge in [0.25, 0.3) is 0 Å². The number of anilines is 1. The van der Waals surface area contributed by atoms with Crippen LogP contribution in [-0.4, -0.2) is 81.5 Å². The Balaban J connectivity index is 1.66. The summed E-state index contributed by atoms with van der Waals surface area (Å²) < 4.78 is 0. The van der Waals surface area contributed by atoms with E-state index in [0.29, 0.717) is 26.2 Å². The van der Waals surface area contributed by atoms with Crippen LogP contribution in [0, 0.1) is 0 Å². The highest BCUT2D eigenvalue weighted by Gasteiger charge is 2.20. The van der Waals surface area contributed by atoms with E-state index in [1.807, 2.05) is 38.1 Å². The molecule has 0 radical (unpaired) electrons. The lowest BCUT2D eigenvalue weighted by atomic mass is 10.2. The number of likely N-dealkylation sites (N-methyl/N-ethyl adjacent to an activating group) is 1. The van der Waals surface area contributed by atoms with Crippen LogP contribution in [0.3, 0.4) is 0 Å². The second kappa shape index (κ2) is 10.1. The molecule has 144 valence electrons. The van der Waals surface area contributed by atoms with Crippen molar-refractivity contribution < 1.29 is 9.59 Å². The third-order valence-corrected chi connectivity index (χ3v) is 4.52. The molecule has 2 amide bonds. The molecule has 1 aliphatic rings. The fraction of sp³-hybridized carbons (Fsp3) is 0.579. The number of benzene rings is 1. The van der Waals surface area contributed by atoms with Crippen LogP contribution < -0.4 is 15.5 Å². The minimum Gasteiger partial charge on any atom is -0.378 e. The highest BCUT2D eigenvalue weighted by atomic mass is 16.2. The largest absolute Gasteiger partial charge is 0.378 e. The van der Waals surface area contributed by atoms with E-state index in [9.17, 15) is 9.59 Å². The van der Waals surface area contributed by atoms with Crippen molar-refractivity contribution in [2.24, 2.45) is 0 Å². The van der Waals surface area contributed by atoms with Gasteiger partial charge in [0.2, 0.25) is 11.8 Å². The molecule has 0 bridgehead atoms. The summed E-state index contributed by atoms with van der Waals surface area (Å²) in [6.45, 7) is 7.23. The first-order valence-corrected chi connectivity index (χ1v) is 9.22. The molecule has 0 aliphatic carbocycles. The summed E-state index contributed by atoms with van der Waals surface area (Å²) in [4.78, 5) is 30.1. The van der Waals surface area contributed by atoms with Crippen molar-refractivity contribution in [3.05, 3.63) is 29.8 Å². The van der Waals surface area contributed by atoms with E-state index < -0.39 is 0 Å². The molecule has 2 rings (SSSR count). The summed E-state index contributed by atoms with van der Waals surface area (Å²) in [5, 5.41) is 5.80. The molecule has 7 heteroatoms. The van der Waals surface area contributed by atoms with Crippen LogP contribution in [0.15, 0.2) is 24.3 Å². The molecule has 0 atom stereocenters. The number of amides is 2. The molecule has 1 aliphatic heterocycles. The summed E-state index contributed by atoms with van der Waals surface area (Å²) in [5.41, 5.74) is 2.24. The smallest absolute Gasteiger partial charge is 0.234 e. The van der Waals surface area contributed by atoms with Crippen LogP contribution in [-0.2, 0) is 16.1 Å². The SMILES string of the molecule is CCNC(=O)CN1CCN(CC(=O)NCc2ccc(N(C)C)cc2)CC1. The van der Waals surface area contributed by atoms with Crippen molar-refractivity contribution in [2.75, 3.05) is 64.8 Å². The van der Waals surface area contributed by atoms with Gasteiger partial charge in [-0.05, 0) is 24.6 Å². The van der Waals surface area contributed by atoms with Crippen LogP contribution in [0.25, 0.3) is 0 Å². The van der Waals surface area contributed by atoms with Gasteiger partial charge in [0.15, 0.2) is 0 Å². The number of hydrogen-bond acceptors (Lipinski definition) is 5. The Morgan fingerprint density at radius 1 is 0.923 bits per heavy atom. The van der Waals surface area contributed by atoms with Crippen LogP contribution in [0.2, 0.25) is 0 Å². The van der Waals surface area contributed by atoms with Crippen molar-refractivity contribution in [1.82, 2.24) is 20.4 Å². The van der Waals surface area contributed by atoms with Gasteiger partial charge < -0.3 is 15.5 Å². The Kier molecular flexibility index (Phi) is 7.87. The van der Waals surface area contributed by atoms with Gasteiger partial charge in [-0.25, -0.2) is 0 Å². The third-order valence-electron chi connectivity index (χ3n) is 4.52. The maximum Gasteiger partial charge on any atom is 0.234 e. The van der Waals surface area contributed by atoms with Gasteiger partial charge in [-0.1, -0.05) is 12.1 Å². The lowest BCUT2D eigenvalue weighted by Gasteiger charge is -2.33. The van der Waals surface area contributed by atoms with E-state index in [2.05, 4.69) is 32.6 Å². The Hall–Kier alpha value is -2.12. The molecule has 0 aromatic heterocycles. The molecule has 1 heterocycles. The van der Waals surface area contributed by atoms with Crippen molar-refractivity contribution in [1.29, 1.82) is 0 Å². The lowest BCUT2D eigenvalue weighted by Crippen LogP contribution is -2.51. The van der Waals surface area contributed by atoms with Crippen LogP contribution in [0.4, 0.5) is 5.69 Å². The fourth-order valence-electron chi connectivity index (χ4n) is 2.93. The maximum absolute atomic E-state index is 12.2. The molecule has 1 saturated heterocycles. The Morgan fingerprint density at radius 2 is 1.42 bits per heavy atom. The van der Waals surface area contributed by atoms with E-state index in [1.54, 1.807) is 0 Å². The van der Waals surface area contributed by atoms with Crippen LogP contribution in [0.1, 0.15) is 12.5 Å². The summed E-state index contributed by atoms with van der Waals surface area (Å²) in [6, 6.07) is 8.18. The summed E-state index contributed by atoms with van der Waals surface area (Å²) in [7, 11) is 4.01. The van der Waals surface area contributed by atoms with Crippen LogP contribution in [0.5, 0.6) is 0 Å². The first kappa shape index (κ1) is 20.2. The maximum atomic E-state index is 12.2. The molecule has 0 saturated carbocycles.